The maximum atomic E-state index is 12.2. The Labute approximate surface area is 133 Å². The summed E-state index contributed by atoms with van der Waals surface area (Å²) in [6.45, 7) is -0.00345. The standard InChI is InChI=1S/C14H12N4O2S2/c19-11(15-14-17-16-12(21-14)8-5-6-8)7-18-13(20)9-3-1-2-4-10(9)22-18/h1-4,8H,5-7H2,(H,15,17,19). The molecule has 1 aromatic carbocycles. The van der Waals surface area contributed by atoms with Crippen molar-refractivity contribution in [3.63, 3.8) is 0 Å². The van der Waals surface area contributed by atoms with Crippen molar-refractivity contribution in [1.82, 2.24) is 14.2 Å². The summed E-state index contributed by atoms with van der Waals surface area (Å²) < 4.78 is 2.34. The Morgan fingerprint density at radius 3 is 2.91 bits per heavy atom. The molecule has 6 nitrogen and oxygen atoms in total. The SMILES string of the molecule is O=C(Cn1sc2ccccc2c1=O)Nc1nnc(C2CC2)s1. The number of carbonyl (C=O) groups excluding carboxylic acids is 1. The Morgan fingerprint density at radius 1 is 1.32 bits per heavy atom. The number of carbonyl (C=O) groups is 1. The van der Waals surface area contributed by atoms with Gasteiger partial charge in [0.25, 0.3) is 5.56 Å². The van der Waals surface area contributed by atoms with Crippen molar-refractivity contribution in [3.8, 4) is 0 Å². The summed E-state index contributed by atoms with van der Waals surface area (Å²) in [4.78, 5) is 24.3. The van der Waals surface area contributed by atoms with Crippen molar-refractivity contribution >= 4 is 44.0 Å². The zero-order valence-corrected chi connectivity index (χ0v) is 13.1. The highest BCUT2D eigenvalue weighted by molar-refractivity contribution is 7.15. The van der Waals surface area contributed by atoms with Crippen LogP contribution in [-0.2, 0) is 11.3 Å². The van der Waals surface area contributed by atoms with E-state index in [-0.39, 0.29) is 18.0 Å². The molecule has 2 aromatic heterocycles. The second-order valence-corrected chi connectivity index (χ2v) is 7.27. The third-order valence-electron chi connectivity index (χ3n) is 3.45. The third-order valence-corrected chi connectivity index (χ3v) is 5.52. The number of hydrogen-bond acceptors (Lipinski definition) is 6. The molecule has 4 rings (SSSR count). The molecule has 22 heavy (non-hydrogen) atoms. The van der Waals surface area contributed by atoms with Crippen molar-refractivity contribution in [2.24, 2.45) is 0 Å². The minimum Gasteiger partial charge on any atom is -0.299 e. The zero-order valence-electron chi connectivity index (χ0n) is 11.5. The summed E-state index contributed by atoms with van der Waals surface area (Å²) in [6, 6.07) is 7.35. The van der Waals surface area contributed by atoms with Gasteiger partial charge < -0.3 is 0 Å². The van der Waals surface area contributed by atoms with Gasteiger partial charge in [0.1, 0.15) is 11.6 Å². The molecule has 0 saturated heterocycles. The molecule has 1 aliphatic rings. The second-order valence-electron chi connectivity index (χ2n) is 5.20. The lowest BCUT2D eigenvalue weighted by molar-refractivity contribution is -0.116. The number of nitrogens with zero attached hydrogens (tertiary/aromatic N) is 3. The predicted molar refractivity (Wildman–Crippen MR) is 86.6 cm³/mol. The fraction of sp³-hybridized carbons (Fsp3) is 0.286. The number of fused-ring (bicyclic) bond motifs is 1. The van der Waals surface area contributed by atoms with Gasteiger partial charge in [-0.05, 0) is 25.0 Å². The highest BCUT2D eigenvalue weighted by Gasteiger charge is 2.27. The van der Waals surface area contributed by atoms with Crippen LogP contribution in [0.25, 0.3) is 10.1 Å². The maximum Gasteiger partial charge on any atom is 0.268 e. The molecule has 0 radical (unpaired) electrons. The van der Waals surface area contributed by atoms with E-state index in [9.17, 15) is 9.59 Å². The van der Waals surface area contributed by atoms with Crippen molar-refractivity contribution in [2.75, 3.05) is 5.32 Å². The smallest absolute Gasteiger partial charge is 0.268 e. The number of nitrogens with one attached hydrogen (secondary N) is 1. The van der Waals surface area contributed by atoms with Gasteiger partial charge in [0.05, 0.1) is 10.1 Å². The summed E-state index contributed by atoms with van der Waals surface area (Å²) >= 11 is 2.71. The minimum atomic E-state index is -0.257. The molecule has 0 aliphatic heterocycles. The van der Waals surface area contributed by atoms with Crippen LogP contribution in [0.3, 0.4) is 0 Å². The van der Waals surface area contributed by atoms with Crippen LogP contribution in [0.2, 0.25) is 0 Å². The first-order chi connectivity index (χ1) is 10.7. The molecule has 0 atom stereocenters. The van der Waals surface area contributed by atoms with Crippen molar-refractivity contribution in [2.45, 2.75) is 25.3 Å². The van der Waals surface area contributed by atoms with Gasteiger partial charge in [-0.1, -0.05) is 35.0 Å². The molecule has 0 spiro atoms. The van der Waals surface area contributed by atoms with E-state index < -0.39 is 0 Å². The van der Waals surface area contributed by atoms with Crippen LogP contribution in [0.15, 0.2) is 29.1 Å². The van der Waals surface area contributed by atoms with Gasteiger partial charge in [-0.25, -0.2) is 0 Å². The molecular weight excluding hydrogens is 320 g/mol. The van der Waals surface area contributed by atoms with Crippen LogP contribution >= 0.6 is 22.9 Å². The van der Waals surface area contributed by atoms with E-state index in [1.54, 1.807) is 6.07 Å². The summed E-state index contributed by atoms with van der Waals surface area (Å²) in [5.41, 5.74) is -0.133. The lowest BCUT2D eigenvalue weighted by Gasteiger charge is -2.00. The van der Waals surface area contributed by atoms with E-state index in [1.165, 1.54) is 26.8 Å². The largest absolute Gasteiger partial charge is 0.299 e. The second kappa shape index (κ2) is 5.29. The molecule has 0 bridgehead atoms. The Kier molecular flexibility index (Phi) is 3.27. The van der Waals surface area contributed by atoms with E-state index in [1.807, 2.05) is 18.2 Å². The number of benzene rings is 1. The van der Waals surface area contributed by atoms with Crippen LogP contribution in [0.4, 0.5) is 5.13 Å². The minimum absolute atomic E-state index is 0.00345. The number of amides is 1. The van der Waals surface area contributed by atoms with Gasteiger partial charge in [0.2, 0.25) is 11.0 Å². The lowest BCUT2D eigenvalue weighted by Crippen LogP contribution is -2.23. The van der Waals surface area contributed by atoms with Gasteiger partial charge >= 0.3 is 0 Å². The molecule has 2 heterocycles. The van der Waals surface area contributed by atoms with E-state index in [0.29, 0.717) is 16.4 Å². The topological polar surface area (TPSA) is 76.9 Å². The van der Waals surface area contributed by atoms with Crippen molar-refractivity contribution in [3.05, 3.63) is 39.6 Å². The molecule has 1 N–H and O–H groups in total. The van der Waals surface area contributed by atoms with E-state index in [0.717, 1.165) is 22.5 Å². The molecule has 8 heteroatoms. The summed E-state index contributed by atoms with van der Waals surface area (Å²) in [5.74, 6) is 0.264. The van der Waals surface area contributed by atoms with Gasteiger partial charge in [-0.3, -0.25) is 18.9 Å². The van der Waals surface area contributed by atoms with E-state index in [4.69, 9.17) is 0 Å². The highest BCUT2D eigenvalue weighted by Crippen LogP contribution is 2.42. The number of rotatable bonds is 4. The Balaban J connectivity index is 1.50. The van der Waals surface area contributed by atoms with Gasteiger partial charge in [0.15, 0.2) is 0 Å². The fourth-order valence-electron chi connectivity index (χ4n) is 2.19. The molecule has 0 unspecified atom stereocenters. The summed E-state index contributed by atoms with van der Waals surface area (Å²) in [7, 11) is 0. The highest BCUT2D eigenvalue weighted by atomic mass is 32.1. The van der Waals surface area contributed by atoms with Crippen LogP contribution in [0, 0.1) is 0 Å². The maximum absolute atomic E-state index is 12.2. The molecular formula is C14H12N4O2S2. The predicted octanol–water partition coefficient (Wildman–Crippen LogP) is 2.43. The normalized spacial score (nSPS) is 14.4. The van der Waals surface area contributed by atoms with E-state index >= 15 is 0 Å². The molecule has 1 fully saturated rings. The molecule has 1 aliphatic carbocycles. The average Bonchev–Trinajstić information content (AvgIpc) is 3.19. The first kappa shape index (κ1) is 13.6. The summed E-state index contributed by atoms with van der Waals surface area (Å²) in [6.07, 6.45) is 2.31. The monoisotopic (exact) mass is 332 g/mol. The first-order valence-corrected chi connectivity index (χ1v) is 8.52. The molecule has 112 valence electrons. The van der Waals surface area contributed by atoms with Crippen molar-refractivity contribution in [1.29, 1.82) is 0 Å². The lowest BCUT2D eigenvalue weighted by atomic mass is 10.3. The third kappa shape index (κ3) is 2.55. The molecule has 1 saturated carbocycles. The van der Waals surface area contributed by atoms with Crippen LogP contribution in [0.5, 0.6) is 0 Å². The number of aromatic nitrogens is 3. The fourth-order valence-corrected chi connectivity index (χ4v) is 4.11. The Bertz CT molecular complexity index is 907. The Hall–Kier alpha value is -2.06. The van der Waals surface area contributed by atoms with Gasteiger partial charge in [-0.2, -0.15) is 0 Å². The molecule has 3 aromatic rings. The van der Waals surface area contributed by atoms with Crippen LogP contribution in [-0.4, -0.2) is 20.1 Å². The number of hydrogen-bond donors (Lipinski definition) is 1. The van der Waals surface area contributed by atoms with Gasteiger partial charge in [0, 0.05) is 5.92 Å². The van der Waals surface area contributed by atoms with E-state index in [2.05, 4.69) is 15.5 Å². The van der Waals surface area contributed by atoms with Crippen molar-refractivity contribution < 1.29 is 4.79 Å². The molecule has 1 amide bonds. The number of anilines is 1. The summed E-state index contributed by atoms with van der Waals surface area (Å²) in [5, 5.41) is 12.9. The quantitative estimate of drug-likeness (QED) is 0.796. The van der Waals surface area contributed by atoms with Crippen LogP contribution in [0.1, 0.15) is 23.8 Å². The van der Waals surface area contributed by atoms with Crippen LogP contribution < -0.4 is 10.9 Å². The average molecular weight is 332 g/mol. The first-order valence-electron chi connectivity index (χ1n) is 6.93. The zero-order chi connectivity index (χ0) is 15.1. The van der Waals surface area contributed by atoms with Gasteiger partial charge in [-0.15, -0.1) is 10.2 Å². The Morgan fingerprint density at radius 2 is 2.14 bits per heavy atom.